The van der Waals surface area contributed by atoms with Crippen molar-refractivity contribution in [2.45, 2.75) is 58.9 Å². The Hall–Kier alpha value is -1.02. The molecule has 0 heterocycles. The van der Waals surface area contributed by atoms with Gasteiger partial charge in [-0.25, -0.2) is 0 Å². The third-order valence-corrected chi connectivity index (χ3v) is 4.94. The van der Waals surface area contributed by atoms with E-state index in [1.54, 1.807) is 7.11 Å². The van der Waals surface area contributed by atoms with Crippen LogP contribution in [0.1, 0.15) is 57.6 Å². The van der Waals surface area contributed by atoms with Crippen molar-refractivity contribution in [2.24, 2.45) is 17.1 Å². The first-order valence-corrected chi connectivity index (χ1v) is 7.73. The summed E-state index contributed by atoms with van der Waals surface area (Å²) in [6, 6.07) is 6.34. The first kappa shape index (κ1) is 15.4. The summed E-state index contributed by atoms with van der Waals surface area (Å²) in [5, 5.41) is 0. The van der Waals surface area contributed by atoms with Gasteiger partial charge in [0, 0.05) is 5.54 Å². The molecule has 2 N–H and O–H groups in total. The van der Waals surface area contributed by atoms with Crippen LogP contribution in [0.2, 0.25) is 0 Å². The average molecular weight is 275 g/mol. The van der Waals surface area contributed by atoms with Crippen LogP contribution in [0.3, 0.4) is 0 Å². The van der Waals surface area contributed by atoms with Gasteiger partial charge in [0.05, 0.1) is 7.11 Å². The quantitative estimate of drug-likeness (QED) is 0.868. The van der Waals surface area contributed by atoms with E-state index in [1.165, 1.54) is 30.4 Å². The second kappa shape index (κ2) is 5.40. The van der Waals surface area contributed by atoms with E-state index >= 15 is 0 Å². The molecule has 20 heavy (non-hydrogen) atoms. The third kappa shape index (κ3) is 2.71. The lowest BCUT2D eigenvalue weighted by Crippen LogP contribution is -2.51. The van der Waals surface area contributed by atoms with Crippen molar-refractivity contribution in [3.05, 3.63) is 29.3 Å². The Balaban J connectivity index is 2.46. The number of hydrogen-bond acceptors (Lipinski definition) is 2. The van der Waals surface area contributed by atoms with E-state index in [2.05, 4.69) is 39.8 Å². The molecule has 1 aromatic carbocycles. The number of methoxy groups -OCH3 is 1. The van der Waals surface area contributed by atoms with E-state index in [4.69, 9.17) is 10.5 Å². The van der Waals surface area contributed by atoms with Crippen LogP contribution in [0, 0.1) is 18.3 Å². The molecule has 1 aromatic rings. The molecular formula is C18H29NO. The van der Waals surface area contributed by atoms with Crippen LogP contribution >= 0.6 is 0 Å². The molecule has 1 aliphatic rings. The maximum absolute atomic E-state index is 6.96. The van der Waals surface area contributed by atoms with E-state index in [1.807, 2.05) is 6.07 Å². The summed E-state index contributed by atoms with van der Waals surface area (Å²) < 4.78 is 5.32. The van der Waals surface area contributed by atoms with Crippen molar-refractivity contribution < 1.29 is 4.74 Å². The minimum absolute atomic E-state index is 0.202. The van der Waals surface area contributed by atoms with E-state index in [0.717, 1.165) is 12.2 Å². The van der Waals surface area contributed by atoms with Gasteiger partial charge in [-0.05, 0) is 54.4 Å². The summed E-state index contributed by atoms with van der Waals surface area (Å²) in [6.07, 6.45) is 4.85. The molecule has 0 aliphatic heterocycles. The summed E-state index contributed by atoms with van der Waals surface area (Å²) in [5.74, 6) is 1.44. The van der Waals surface area contributed by atoms with Gasteiger partial charge in [-0.3, -0.25) is 0 Å². The van der Waals surface area contributed by atoms with Gasteiger partial charge in [-0.2, -0.15) is 0 Å². The first-order valence-electron chi connectivity index (χ1n) is 7.73. The molecule has 2 heteroatoms. The molecule has 112 valence electrons. The molecule has 0 saturated heterocycles. The van der Waals surface area contributed by atoms with Gasteiger partial charge in [-0.15, -0.1) is 0 Å². The van der Waals surface area contributed by atoms with Gasteiger partial charge in [-0.1, -0.05) is 39.7 Å². The van der Waals surface area contributed by atoms with Crippen molar-refractivity contribution in [3.8, 4) is 5.75 Å². The molecule has 2 atom stereocenters. The molecule has 0 aromatic heterocycles. The highest BCUT2D eigenvalue weighted by Gasteiger charge is 2.45. The van der Waals surface area contributed by atoms with Crippen molar-refractivity contribution in [2.75, 3.05) is 7.11 Å². The number of hydrogen-bond donors (Lipinski definition) is 1. The minimum atomic E-state index is -0.202. The molecule has 1 fully saturated rings. The summed E-state index contributed by atoms with van der Waals surface area (Å²) in [7, 11) is 1.71. The van der Waals surface area contributed by atoms with E-state index < -0.39 is 0 Å². The zero-order chi connectivity index (χ0) is 15.0. The van der Waals surface area contributed by atoms with Crippen LogP contribution in [0.25, 0.3) is 0 Å². The number of rotatable bonds is 2. The zero-order valence-electron chi connectivity index (χ0n) is 13.6. The Bertz CT molecular complexity index is 475. The number of aryl methyl sites for hydroxylation is 1. The molecule has 0 spiro atoms. The topological polar surface area (TPSA) is 35.2 Å². The Kier molecular flexibility index (Phi) is 4.15. The van der Waals surface area contributed by atoms with E-state index in [0.29, 0.717) is 5.92 Å². The predicted molar refractivity (Wildman–Crippen MR) is 85.0 cm³/mol. The summed E-state index contributed by atoms with van der Waals surface area (Å²) in [6.45, 7) is 9.12. The SMILES string of the molecule is COc1ccc(C2(N)CCCCC2C(C)(C)C)c(C)c1. The molecule has 2 rings (SSSR count). The lowest BCUT2D eigenvalue weighted by Gasteiger charge is -2.49. The summed E-state index contributed by atoms with van der Waals surface area (Å²) >= 11 is 0. The van der Waals surface area contributed by atoms with Crippen LogP contribution < -0.4 is 10.5 Å². The van der Waals surface area contributed by atoms with Crippen molar-refractivity contribution in [1.29, 1.82) is 0 Å². The number of nitrogens with two attached hydrogens (primary N) is 1. The van der Waals surface area contributed by atoms with E-state index in [-0.39, 0.29) is 11.0 Å². The van der Waals surface area contributed by atoms with Crippen LogP contribution in [-0.2, 0) is 5.54 Å². The largest absolute Gasteiger partial charge is 0.497 e. The maximum atomic E-state index is 6.96. The highest BCUT2D eigenvalue weighted by atomic mass is 16.5. The summed E-state index contributed by atoms with van der Waals surface area (Å²) in [5.41, 5.74) is 9.55. The van der Waals surface area contributed by atoms with Gasteiger partial charge in [0.15, 0.2) is 0 Å². The number of benzene rings is 1. The first-order chi connectivity index (χ1) is 9.29. The monoisotopic (exact) mass is 275 g/mol. The molecule has 0 bridgehead atoms. The second-order valence-corrected chi connectivity index (χ2v) is 7.39. The molecule has 2 nitrogen and oxygen atoms in total. The Morgan fingerprint density at radius 3 is 2.50 bits per heavy atom. The smallest absolute Gasteiger partial charge is 0.119 e. The second-order valence-electron chi connectivity index (χ2n) is 7.39. The zero-order valence-corrected chi connectivity index (χ0v) is 13.6. The summed E-state index contributed by atoms with van der Waals surface area (Å²) in [4.78, 5) is 0. The molecule has 1 saturated carbocycles. The highest BCUT2D eigenvalue weighted by Crippen LogP contribution is 2.49. The fraction of sp³-hybridized carbons (Fsp3) is 0.667. The van der Waals surface area contributed by atoms with Gasteiger partial charge in [0.2, 0.25) is 0 Å². The molecular weight excluding hydrogens is 246 g/mol. The molecule has 2 unspecified atom stereocenters. The lowest BCUT2D eigenvalue weighted by molar-refractivity contribution is 0.0773. The molecule has 0 amide bonds. The predicted octanol–water partition coefficient (Wildman–Crippen LogP) is 4.39. The average Bonchev–Trinajstić information content (AvgIpc) is 2.37. The Morgan fingerprint density at radius 1 is 1.25 bits per heavy atom. The Labute approximate surface area is 123 Å². The highest BCUT2D eigenvalue weighted by molar-refractivity contribution is 5.40. The number of ether oxygens (including phenoxy) is 1. The van der Waals surface area contributed by atoms with Gasteiger partial charge >= 0.3 is 0 Å². The van der Waals surface area contributed by atoms with Crippen LogP contribution in [-0.4, -0.2) is 7.11 Å². The van der Waals surface area contributed by atoms with Crippen LogP contribution in [0.4, 0.5) is 0 Å². The lowest BCUT2D eigenvalue weighted by atomic mass is 9.59. The van der Waals surface area contributed by atoms with Crippen LogP contribution in [0.15, 0.2) is 18.2 Å². The Morgan fingerprint density at radius 2 is 1.95 bits per heavy atom. The van der Waals surface area contributed by atoms with Gasteiger partial charge < -0.3 is 10.5 Å². The van der Waals surface area contributed by atoms with Crippen molar-refractivity contribution in [1.82, 2.24) is 0 Å². The molecule has 0 radical (unpaired) electrons. The maximum Gasteiger partial charge on any atom is 0.119 e. The molecule has 1 aliphatic carbocycles. The standard InChI is InChI=1S/C18H29NO/c1-13-12-14(20-5)9-10-15(13)18(19)11-7-6-8-16(18)17(2,3)4/h9-10,12,16H,6-8,11,19H2,1-5H3. The van der Waals surface area contributed by atoms with Crippen LogP contribution in [0.5, 0.6) is 5.75 Å². The third-order valence-electron chi connectivity index (χ3n) is 4.94. The fourth-order valence-electron chi connectivity index (χ4n) is 4.01. The van der Waals surface area contributed by atoms with Crippen molar-refractivity contribution in [3.63, 3.8) is 0 Å². The minimum Gasteiger partial charge on any atom is -0.497 e. The van der Waals surface area contributed by atoms with E-state index in [9.17, 15) is 0 Å². The van der Waals surface area contributed by atoms with Gasteiger partial charge in [0.1, 0.15) is 5.75 Å². The van der Waals surface area contributed by atoms with Gasteiger partial charge in [0.25, 0.3) is 0 Å². The normalized spacial score (nSPS) is 27.4. The van der Waals surface area contributed by atoms with Crippen molar-refractivity contribution >= 4 is 0 Å². The fourth-order valence-corrected chi connectivity index (χ4v) is 4.01.